The molecule has 4 heteroatoms. The van der Waals surface area contributed by atoms with E-state index in [0.29, 0.717) is 5.92 Å². The van der Waals surface area contributed by atoms with Crippen LogP contribution < -0.4 is 5.73 Å². The molecule has 0 radical (unpaired) electrons. The molecule has 90 valence electrons. The molecule has 0 spiro atoms. The average molecular weight is 244 g/mol. The van der Waals surface area contributed by atoms with Crippen LogP contribution >= 0.6 is 12.4 Å². The largest absolute Gasteiger partial charge is 0.508 e. The number of phenolic OH excluding ortho intramolecular Hbond substituents is 2. The van der Waals surface area contributed by atoms with Gasteiger partial charge in [0.2, 0.25) is 0 Å². The maximum Gasteiger partial charge on any atom is 0.124 e. The first-order chi connectivity index (χ1) is 7.18. The summed E-state index contributed by atoms with van der Waals surface area (Å²) in [6.45, 7) is 0. The molecule has 0 aromatic heterocycles. The Kier molecular flexibility index (Phi) is 4.44. The van der Waals surface area contributed by atoms with E-state index < -0.39 is 0 Å². The number of aromatic hydroxyl groups is 2. The molecule has 16 heavy (non-hydrogen) atoms. The molecule has 1 saturated carbocycles. The zero-order chi connectivity index (χ0) is 10.8. The van der Waals surface area contributed by atoms with Gasteiger partial charge in [-0.1, -0.05) is 18.9 Å². The van der Waals surface area contributed by atoms with Gasteiger partial charge in [0.25, 0.3) is 0 Å². The van der Waals surface area contributed by atoms with Gasteiger partial charge < -0.3 is 15.9 Å². The normalized spacial score (nSPS) is 18.1. The van der Waals surface area contributed by atoms with E-state index in [1.54, 1.807) is 12.1 Å². The van der Waals surface area contributed by atoms with Crippen molar-refractivity contribution in [1.82, 2.24) is 0 Å². The van der Waals surface area contributed by atoms with E-state index in [2.05, 4.69) is 0 Å². The van der Waals surface area contributed by atoms with Crippen LogP contribution in [0, 0.1) is 5.92 Å². The first-order valence-electron chi connectivity index (χ1n) is 5.46. The second kappa shape index (κ2) is 5.41. The molecule has 4 N–H and O–H groups in total. The molecule has 3 nitrogen and oxygen atoms in total. The summed E-state index contributed by atoms with van der Waals surface area (Å²) in [5.74, 6) is 0.657. The summed E-state index contributed by atoms with van der Waals surface area (Å²) < 4.78 is 0. The second-order valence-electron chi connectivity index (χ2n) is 4.31. The summed E-state index contributed by atoms with van der Waals surface area (Å²) >= 11 is 0. The van der Waals surface area contributed by atoms with Crippen LogP contribution in [0.1, 0.15) is 37.3 Å². The first-order valence-corrected chi connectivity index (χ1v) is 5.46. The molecule has 0 bridgehead atoms. The molecule has 0 saturated heterocycles. The fourth-order valence-corrected chi connectivity index (χ4v) is 2.38. The van der Waals surface area contributed by atoms with Crippen molar-refractivity contribution in [2.45, 2.75) is 31.7 Å². The van der Waals surface area contributed by atoms with Gasteiger partial charge in [-0.3, -0.25) is 0 Å². The lowest BCUT2D eigenvalue weighted by Crippen LogP contribution is -2.19. The van der Waals surface area contributed by atoms with Crippen LogP contribution in [0.15, 0.2) is 18.2 Å². The summed E-state index contributed by atoms with van der Waals surface area (Å²) in [6.07, 6.45) is 4.75. The third-order valence-electron chi connectivity index (χ3n) is 3.28. The van der Waals surface area contributed by atoms with Crippen molar-refractivity contribution in [3.05, 3.63) is 23.8 Å². The summed E-state index contributed by atoms with van der Waals surface area (Å²) in [4.78, 5) is 0. The highest BCUT2D eigenvalue weighted by Gasteiger charge is 2.24. The van der Waals surface area contributed by atoms with Crippen LogP contribution in [0.2, 0.25) is 0 Å². The van der Waals surface area contributed by atoms with Gasteiger partial charge in [-0.15, -0.1) is 12.4 Å². The van der Waals surface area contributed by atoms with Crippen molar-refractivity contribution < 1.29 is 10.2 Å². The third-order valence-corrected chi connectivity index (χ3v) is 3.28. The predicted molar refractivity (Wildman–Crippen MR) is 65.9 cm³/mol. The van der Waals surface area contributed by atoms with Crippen LogP contribution in [0.25, 0.3) is 0 Å². The monoisotopic (exact) mass is 243 g/mol. The highest BCUT2D eigenvalue weighted by atomic mass is 35.5. The lowest BCUT2D eigenvalue weighted by molar-refractivity contribution is 0.407. The smallest absolute Gasteiger partial charge is 0.124 e. The van der Waals surface area contributed by atoms with E-state index in [9.17, 15) is 10.2 Å². The molecule has 1 aromatic carbocycles. The van der Waals surface area contributed by atoms with Gasteiger partial charge in [-0.05, 0) is 24.8 Å². The average Bonchev–Trinajstić information content (AvgIpc) is 2.69. The van der Waals surface area contributed by atoms with Gasteiger partial charge >= 0.3 is 0 Å². The Balaban J connectivity index is 0.00000128. The Morgan fingerprint density at radius 2 is 1.81 bits per heavy atom. The van der Waals surface area contributed by atoms with Gasteiger partial charge in [0.15, 0.2) is 0 Å². The molecule has 1 aromatic rings. The van der Waals surface area contributed by atoms with E-state index in [1.807, 2.05) is 0 Å². The number of halogens is 1. The minimum absolute atomic E-state index is 0. The SMILES string of the molecule is Cl.N[C@H](c1ccc(O)cc1O)C1CCCC1. The number of nitrogens with two attached hydrogens (primary N) is 1. The fraction of sp³-hybridized carbons (Fsp3) is 0.500. The standard InChI is InChI=1S/C12H17NO2.ClH/c13-12(8-3-1-2-4-8)10-6-5-9(14)7-11(10)15;/h5-8,12,14-15H,1-4,13H2;1H/t12-;/m0./s1. The number of benzene rings is 1. The van der Waals surface area contributed by atoms with Gasteiger partial charge in [0.1, 0.15) is 11.5 Å². The topological polar surface area (TPSA) is 66.5 Å². The lowest BCUT2D eigenvalue weighted by atomic mass is 9.92. The molecule has 0 heterocycles. The molecule has 2 rings (SSSR count). The molecular formula is C12H18ClNO2. The first kappa shape index (κ1) is 13.1. The van der Waals surface area contributed by atoms with Crippen molar-refractivity contribution in [3.63, 3.8) is 0 Å². The Morgan fingerprint density at radius 3 is 2.38 bits per heavy atom. The molecule has 0 unspecified atom stereocenters. The van der Waals surface area contributed by atoms with E-state index in [1.165, 1.54) is 18.9 Å². The summed E-state index contributed by atoms with van der Waals surface area (Å²) in [7, 11) is 0. The van der Waals surface area contributed by atoms with Crippen molar-refractivity contribution >= 4 is 12.4 Å². The Hall–Kier alpha value is -0.930. The van der Waals surface area contributed by atoms with Gasteiger partial charge in [-0.2, -0.15) is 0 Å². The molecule has 1 aliphatic rings. The Labute approximate surface area is 102 Å². The van der Waals surface area contributed by atoms with Crippen LogP contribution in [-0.4, -0.2) is 10.2 Å². The summed E-state index contributed by atoms with van der Waals surface area (Å²) in [5, 5.41) is 18.9. The van der Waals surface area contributed by atoms with E-state index >= 15 is 0 Å². The van der Waals surface area contributed by atoms with Crippen LogP contribution in [0.5, 0.6) is 11.5 Å². The van der Waals surface area contributed by atoms with Gasteiger partial charge in [0, 0.05) is 17.7 Å². The molecule has 1 fully saturated rings. The molecule has 1 atom stereocenters. The number of hydrogen-bond acceptors (Lipinski definition) is 3. The quantitative estimate of drug-likeness (QED) is 0.748. The molecule has 1 aliphatic carbocycles. The van der Waals surface area contributed by atoms with Crippen molar-refractivity contribution in [2.24, 2.45) is 11.7 Å². The van der Waals surface area contributed by atoms with Gasteiger partial charge in [0.05, 0.1) is 0 Å². The Bertz CT molecular complexity index is 351. The lowest BCUT2D eigenvalue weighted by Gasteiger charge is -2.20. The minimum Gasteiger partial charge on any atom is -0.508 e. The van der Waals surface area contributed by atoms with E-state index in [0.717, 1.165) is 18.4 Å². The summed E-state index contributed by atoms with van der Waals surface area (Å²) in [5.41, 5.74) is 6.86. The number of hydrogen-bond donors (Lipinski definition) is 3. The van der Waals surface area contributed by atoms with E-state index in [4.69, 9.17) is 5.73 Å². The molecule has 0 amide bonds. The van der Waals surface area contributed by atoms with Crippen molar-refractivity contribution in [3.8, 4) is 11.5 Å². The van der Waals surface area contributed by atoms with E-state index in [-0.39, 0.29) is 29.9 Å². The van der Waals surface area contributed by atoms with Crippen LogP contribution in [0.3, 0.4) is 0 Å². The zero-order valence-corrected chi connectivity index (χ0v) is 9.91. The van der Waals surface area contributed by atoms with Crippen molar-refractivity contribution in [1.29, 1.82) is 0 Å². The number of rotatable bonds is 2. The predicted octanol–water partition coefficient (Wildman–Crippen LogP) is 2.71. The summed E-state index contributed by atoms with van der Waals surface area (Å²) in [6, 6.07) is 4.54. The maximum absolute atomic E-state index is 9.68. The minimum atomic E-state index is -0.104. The van der Waals surface area contributed by atoms with Gasteiger partial charge in [-0.25, -0.2) is 0 Å². The highest BCUT2D eigenvalue weighted by Crippen LogP contribution is 2.37. The van der Waals surface area contributed by atoms with Crippen LogP contribution in [-0.2, 0) is 0 Å². The zero-order valence-electron chi connectivity index (χ0n) is 9.10. The van der Waals surface area contributed by atoms with Crippen LogP contribution in [0.4, 0.5) is 0 Å². The molecular weight excluding hydrogens is 226 g/mol. The maximum atomic E-state index is 9.68. The van der Waals surface area contributed by atoms with Crippen molar-refractivity contribution in [2.75, 3.05) is 0 Å². The third kappa shape index (κ3) is 2.60. The highest BCUT2D eigenvalue weighted by molar-refractivity contribution is 5.85. The number of phenols is 2. The Morgan fingerprint density at radius 1 is 1.19 bits per heavy atom. The molecule has 0 aliphatic heterocycles. The second-order valence-corrected chi connectivity index (χ2v) is 4.31. The fourth-order valence-electron chi connectivity index (χ4n) is 2.38.